The lowest BCUT2D eigenvalue weighted by Crippen LogP contribution is -3.00. The maximum atomic E-state index is 14.6. The van der Waals surface area contributed by atoms with Gasteiger partial charge in [0.1, 0.15) is 136 Å². The van der Waals surface area contributed by atoms with Crippen LogP contribution in [0, 0.1) is 167 Å². The van der Waals surface area contributed by atoms with Crippen molar-refractivity contribution in [2.75, 3.05) is 40.1 Å². The van der Waals surface area contributed by atoms with Gasteiger partial charge in [-0.1, -0.05) is 24.3 Å². The Kier molecular flexibility index (Phi) is 38.1. The van der Waals surface area contributed by atoms with Crippen LogP contribution in [-0.4, -0.2) is 135 Å². The molecule has 4 heterocycles. The molecule has 12 rings (SSSR count). The molecule has 4 aliphatic heterocycles. The number of nitrogens with zero attached hydrogens (tertiary/aromatic N) is 8. The quantitative estimate of drug-likeness (QED) is 0.0384. The predicted molar refractivity (Wildman–Crippen MR) is 470 cm³/mol. The number of aliphatic hydroxyl groups is 1. The average Bonchev–Trinajstić information content (AvgIpc) is 1.66. The largest absolute Gasteiger partial charge is 1.00 e. The number of hydrogen-bond acceptors (Lipinski definition) is 16. The third-order valence-corrected chi connectivity index (χ3v) is 20.7. The fourth-order valence-electron chi connectivity index (χ4n) is 12.5. The molecule has 8 aromatic carbocycles. The first-order valence-electron chi connectivity index (χ1n) is 40.8. The normalized spacial score (nSPS) is 14.5. The number of rotatable bonds is 14. The number of nitrogens with two attached hydrogens (primary N) is 1. The van der Waals surface area contributed by atoms with Crippen molar-refractivity contribution in [2.45, 2.75) is 209 Å². The lowest BCUT2D eigenvalue weighted by atomic mass is 9.84. The number of aryl methyl sites for hydroxylation is 5. The number of nitriles is 4. The summed E-state index contributed by atoms with van der Waals surface area (Å²) >= 11 is 0. The number of hydrogen-bond donors (Lipinski definition) is 5. The maximum absolute atomic E-state index is 14.6. The van der Waals surface area contributed by atoms with Crippen LogP contribution in [0.25, 0.3) is 0 Å². The lowest BCUT2D eigenvalue weighted by Gasteiger charge is -2.23. The molecular weight excluding hydrogens is 1910 g/mol. The predicted octanol–water partition coefficient (Wildman–Crippen LogP) is 17.2. The first-order valence-corrected chi connectivity index (χ1v) is 40.8. The topological polar surface area (TPSA) is 339 Å². The molecule has 8 aromatic rings. The summed E-state index contributed by atoms with van der Waals surface area (Å²) in [6.07, 6.45) is 0. The van der Waals surface area contributed by atoms with Crippen molar-refractivity contribution < 1.29 is 148 Å². The molecule has 6 N–H and O–H groups in total. The van der Waals surface area contributed by atoms with E-state index >= 15 is 0 Å². The van der Waals surface area contributed by atoms with Crippen LogP contribution in [0.15, 0.2) is 112 Å². The molecule has 135 heavy (non-hydrogen) atoms. The molecule has 2 amide bonds. The minimum Gasteiger partial charge on any atom is -1.00 e. The van der Waals surface area contributed by atoms with Crippen LogP contribution < -0.4 is 35.0 Å². The molecule has 4 aliphatic rings. The van der Waals surface area contributed by atoms with E-state index in [4.69, 9.17) is 55.8 Å². The van der Waals surface area contributed by atoms with Gasteiger partial charge in [0.25, 0.3) is 11.8 Å². The summed E-state index contributed by atoms with van der Waals surface area (Å²) in [5.74, 6) is -17.9. The van der Waals surface area contributed by atoms with Gasteiger partial charge < -0.3 is 69.3 Å². The summed E-state index contributed by atoms with van der Waals surface area (Å²) in [4.78, 5) is 56.2. The minimum atomic E-state index is -1.76. The first kappa shape index (κ1) is 114. The number of amides is 2. The van der Waals surface area contributed by atoms with Gasteiger partial charge in [0.05, 0.1) is 97.0 Å². The molecule has 0 saturated heterocycles. The highest BCUT2D eigenvalue weighted by Gasteiger charge is 2.43. The molecule has 724 valence electrons. The molecule has 0 saturated carbocycles. The number of carbonyl (C=O) groups is 4. The van der Waals surface area contributed by atoms with E-state index < -0.39 is 155 Å². The zero-order valence-corrected chi connectivity index (χ0v) is 80.7. The van der Waals surface area contributed by atoms with Gasteiger partial charge in [-0.15, -0.1) is 0 Å². The van der Waals surface area contributed by atoms with Crippen molar-refractivity contribution >= 4 is 47.3 Å². The Hall–Kier alpha value is -12.9. The third-order valence-electron chi connectivity index (χ3n) is 20.7. The first-order chi connectivity index (χ1) is 61.4. The molecular formula is C98H104F15IN10O11. The Morgan fingerprint density at radius 1 is 0.385 bits per heavy atom. The van der Waals surface area contributed by atoms with Gasteiger partial charge in [-0.25, -0.2) is 90.4 Å². The number of aliphatic hydroxyl groups excluding tert-OH is 1. The van der Waals surface area contributed by atoms with E-state index in [2.05, 4.69) is 52.3 Å². The second kappa shape index (κ2) is 45.0. The summed E-state index contributed by atoms with van der Waals surface area (Å²) in [6.45, 7) is 41.8. The number of aliphatic imine (C=N–C) groups is 3. The van der Waals surface area contributed by atoms with Crippen LogP contribution in [0.3, 0.4) is 0 Å². The van der Waals surface area contributed by atoms with Crippen LogP contribution in [0.4, 0.5) is 65.9 Å². The van der Waals surface area contributed by atoms with Crippen molar-refractivity contribution in [3.05, 3.63) is 279 Å². The Labute approximate surface area is 789 Å². The zero-order chi connectivity index (χ0) is 103. The molecule has 21 nitrogen and oxygen atoms in total. The molecule has 0 bridgehead atoms. The highest BCUT2D eigenvalue weighted by molar-refractivity contribution is 5.99. The zero-order valence-electron chi connectivity index (χ0n) is 78.6. The number of benzene rings is 8. The number of carboxylic acids is 2. The van der Waals surface area contributed by atoms with Crippen LogP contribution in [0.1, 0.15) is 238 Å². The number of nitrogens with one attached hydrogen (secondary N) is 1. The molecule has 0 spiro atoms. The van der Waals surface area contributed by atoms with Crippen LogP contribution in [0.2, 0.25) is 0 Å². The summed E-state index contributed by atoms with van der Waals surface area (Å²) < 4.78 is 222. The van der Waals surface area contributed by atoms with Crippen molar-refractivity contribution in [2.24, 2.45) is 20.7 Å². The van der Waals surface area contributed by atoms with E-state index in [1.807, 2.05) is 71.4 Å². The van der Waals surface area contributed by atoms with E-state index in [0.29, 0.717) is 118 Å². The number of halogens is 16. The monoisotopic (exact) mass is 2010 g/mol. The van der Waals surface area contributed by atoms with Gasteiger partial charge in [0, 0.05) is 56.3 Å². The van der Waals surface area contributed by atoms with E-state index in [1.165, 1.54) is 51.1 Å². The smallest absolute Gasteiger partial charge is 0.373 e. The number of aromatic carboxylic acids is 2. The molecule has 0 atom stereocenters. The third kappa shape index (κ3) is 29.8. The number of carbonyl (C=O) groups excluding carboxylic acids is 2. The Morgan fingerprint density at radius 3 is 0.911 bits per heavy atom. The van der Waals surface area contributed by atoms with E-state index in [9.17, 15) is 90.3 Å². The number of likely N-dealkylation sites (N-methyl/N-ethyl adjacent to an activating group) is 1. The summed E-state index contributed by atoms with van der Waals surface area (Å²) in [5, 5.41) is 64.4. The summed E-state index contributed by atoms with van der Waals surface area (Å²) in [5.41, 5.74) is 3.08. The Balaban J connectivity index is 0.000000323. The standard InChI is InChI=1S/C17H22FN2O.C16H19FN2O.C12H13F2NO.C12H13FN2O.C12H12FNO2.C11H12F3NO2.C11H10F3NO.C7H3F3O2.HI/c1-11-7-12(16(2,3)9-19)8-13(18)14(11)15-20(6)17(4,5)10-21-15;1-10-6-11(15(2,3)8-18)7-12(17)13(10)14-19-16(4,5)9-20-14;1-7-4-8(13)5-9(14)10(7)11-15-12(2,3)6-16-11;2*1-7-4-8(12(2,3)6-14)5-9(13)10(7)11(15)16;1-11(2,5-16)15-10(17)9-7(13)3-6(12)4-8(9)14;1-11(2)5-16-10(15-11)9-7(13)3-6(12)4-8(9)14;8-3-1-4(9)6(7(11)12)5(10)2-3;/h7-8H,10H2,1-6H3;6-7H,9H2,1-5H3;4-5H,6H2,1-3H3;4-5H,1-3H3,(H2,15,16);4-5H,1-3H3,(H,15,16);3-4,16H,5H2,1-2H3,(H,15,17);3-4H,5H2,1-2H3;1-2H,(H,11,12);1H/q+1;;;;;;;;/p-1. The average molecular weight is 2010 g/mol. The highest BCUT2D eigenvalue weighted by Crippen LogP contribution is 2.35. The van der Waals surface area contributed by atoms with Crippen LogP contribution >= 0.6 is 0 Å². The van der Waals surface area contributed by atoms with Gasteiger partial charge in [-0.3, -0.25) is 9.59 Å². The van der Waals surface area contributed by atoms with Crippen molar-refractivity contribution in [3.63, 3.8) is 0 Å². The fourth-order valence-corrected chi connectivity index (χ4v) is 12.5. The Morgan fingerprint density at radius 2 is 0.644 bits per heavy atom. The highest BCUT2D eigenvalue weighted by atomic mass is 127. The number of carboxylic acid groups (broad SMARTS) is 2. The molecule has 0 aromatic heterocycles. The van der Waals surface area contributed by atoms with Crippen molar-refractivity contribution in [1.82, 2.24) is 5.32 Å². The lowest BCUT2D eigenvalue weighted by molar-refractivity contribution is -0.562. The van der Waals surface area contributed by atoms with Crippen LogP contribution in [-0.2, 0) is 40.6 Å². The summed E-state index contributed by atoms with van der Waals surface area (Å²) in [7, 11) is 1.91. The van der Waals surface area contributed by atoms with E-state index in [-0.39, 0.29) is 87.3 Å². The van der Waals surface area contributed by atoms with E-state index in [1.54, 1.807) is 89.2 Å². The number of ether oxygens (including phenoxy) is 4. The van der Waals surface area contributed by atoms with Crippen molar-refractivity contribution in [1.29, 1.82) is 21.0 Å². The molecule has 0 unspecified atom stereocenters. The van der Waals surface area contributed by atoms with Gasteiger partial charge in [-0.2, -0.15) is 25.6 Å². The summed E-state index contributed by atoms with van der Waals surface area (Å²) in [6, 6.07) is 25.3. The second-order valence-corrected chi connectivity index (χ2v) is 36.9. The second-order valence-electron chi connectivity index (χ2n) is 36.9. The van der Waals surface area contributed by atoms with Gasteiger partial charge in [0.2, 0.25) is 17.7 Å². The number of primary amides is 1. The Bertz CT molecular complexity index is 5830. The van der Waals surface area contributed by atoms with Gasteiger partial charge in [-0.05, 0) is 226 Å². The van der Waals surface area contributed by atoms with Gasteiger partial charge in [0.15, 0.2) is 12.1 Å². The van der Waals surface area contributed by atoms with Crippen molar-refractivity contribution in [3.8, 4) is 24.3 Å². The van der Waals surface area contributed by atoms with Gasteiger partial charge >= 0.3 is 17.8 Å². The molecule has 0 fully saturated rings. The maximum Gasteiger partial charge on any atom is 0.373 e. The molecule has 0 radical (unpaired) electrons. The minimum absolute atomic E-state index is 0. The molecule has 37 heteroatoms. The molecule has 0 aliphatic carbocycles. The van der Waals surface area contributed by atoms with E-state index in [0.717, 1.165) is 23.3 Å². The van der Waals surface area contributed by atoms with Crippen LogP contribution in [0.5, 0.6) is 0 Å². The fraction of sp³-hybridized carbons (Fsp3) is 0.388. The SMILES string of the molecule is CC(C)(CO)NC(=O)c1c(F)cc(F)cc1F.CC1(C)COC(c2c(F)cc(F)cc2F)=N1.Cc1cc(C(C)(C)C#N)cc(F)c1C(=O)O.Cc1cc(C(C)(C)C#N)cc(F)c1C(N)=O.Cc1cc(C(C)(C)C#N)cc(F)c1C1=NC(C)(C)CO1.Cc1cc(C(C)(C)C#N)cc(F)c1C1=[N+](C)C(C)(C)CO1.Cc1cc(F)cc(F)c1C1=NC(C)(C)CO1.O=C(O)c1c(F)cc(F)cc1F.[I-].